The number of rotatable bonds is 5. The van der Waals surface area contributed by atoms with Crippen LogP contribution in [-0.2, 0) is 0 Å². The standard InChI is InChI=1S/C14H13ClFNO2/c1-4-6-19-13-7-10(12(16)8-11(13)15)14(18)17-9(3)5-2/h1,5,7-9H,2,6H2,3H3,(H,17,18). The van der Waals surface area contributed by atoms with E-state index in [2.05, 4.69) is 17.8 Å². The van der Waals surface area contributed by atoms with Gasteiger partial charge in [-0.2, -0.15) is 0 Å². The molecular weight excluding hydrogens is 269 g/mol. The van der Waals surface area contributed by atoms with Crippen molar-refractivity contribution >= 4 is 17.5 Å². The fourth-order valence-corrected chi connectivity index (χ4v) is 1.48. The van der Waals surface area contributed by atoms with Crippen molar-refractivity contribution in [3.63, 3.8) is 0 Å². The van der Waals surface area contributed by atoms with Gasteiger partial charge in [0.1, 0.15) is 18.2 Å². The average molecular weight is 282 g/mol. The fraction of sp³-hybridized carbons (Fsp3) is 0.214. The van der Waals surface area contributed by atoms with E-state index in [4.69, 9.17) is 22.8 Å². The van der Waals surface area contributed by atoms with Crippen molar-refractivity contribution in [3.8, 4) is 18.1 Å². The molecule has 0 aliphatic heterocycles. The maximum absolute atomic E-state index is 13.7. The third-order valence-electron chi connectivity index (χ3n) is 2.29. The minimum Gasteiger partial charge on any atom is -0.479 e. The van der Waals surface area contributed by atoms with Gasteiger partial charge in [0.2, 0.25) is 0 Å². The number of hydrogen-bond donors (Lipinski definition) is 1. The molecule has 0 aromatic heterocycles. The van der Waals surface area contributed by atoms with Gasteiger partial charge in [-0.1, -0.05) is 23.6 Å². The van der Waals surface area contributed by atoms with E-state index in [-0.39, 0.29) is 29.0 Å². The van der Waals surface area contributed by atoms with Gasteiger partial charge in [0.25, 0.3) is 5.91 Å². The second-order valence-electron chi connectivity index (χ2n) is 3.75. The van der Waals surface area contributed by atoms with Gasteiger partial charge in [0.05, 0.1) is 10.6 Å². The van der Waals surface area contributed by atoms with Crippen molar-refractivity contribution in [2.24, 2.45) is 0 Å². The maximum Gasteiger partial charge on any atom is 0.254 e. The Hall–Kier alpha value is -1.99. The van der Waals surface area contributed by atoms with Gasteiger partial charge in [-0.05, 0) is 19.1 Å². The molecule has 0 heterocycles. The van der Waals surface area contributed by atoms with Crippen LogP contribution in [0.25, 0.3) is 0 Å². The molecule has 1 N–H and O–H groups in total. The van der Waals surface area contributed by atoms with E-state index in [1.54, 1.807) is 6.92 Å². The van der Waals surface area contributed by atoms with E-state index >= 15 is 0 Å². The van der Waals surface area contributed by atoms with Crippen molar-refractivity contribution in [3.05, 3.63) is 41.2 Å². The van der Waals surface area contributed by atoms with Gasteiger partial charge in [-0.25, -0.2) is 4.39 Å². The average Bonchev–Trinajstić information content (AvgIpc) is 2.37. The maximum atomic E-state index is 13.7. The van der Waals surface area contributed by atoms with E-state index in [1.165, 1.54) is 12.1 Å². The van der Waals surface area contributed by atoms with Crippen LogP contribution >= 0.6 is 11.6 Å². The minimum atomic E-state index is -0.730. The molecule has 0 aliphatic rings. The third-order valence-corrected chi connectivity index (χ3v) is 2.58. The summed E-state index contributed by atoms with van der Waals surface area (Å²) in [6, 6.07) is 1.96. The first-order valence-electron chi connectivity index (χ1n) is 5.48. The predicted molar refractivity (Wildman–Crippen MR) is 72.9 cm³/mol. The zero-order chi connectivity index (χ0) is 14.4. The van der Waals surface area contributed by atoms with E-state index < -0.39 is 11.7 Å². The fourth-order valence-electron chi connectivity index (χ4n) is 1.28. The molecule has 19 heavy (non-hydrogen) atoms. The molecule has 0 bridgehead atoms. The molecule has 1 amide bonds. The van der Waals surface area contributed by atoms with Gasteiger partial charge < -0.3 is 10.1 Å². The summed E-state index contributed by atoms with van der Waals surface area (Å²) in [4.78, 5) is 11.8. The van der Waals surface area contributed by atoms with Crippen molar-refractivity contribution in [1.29, 1.82) is 0 Å². The van der Waals surface area contributed by atoms with Gasteiger partial charge in [-0.3, -0.25) is 4.79 Å². The lowest BCUT2D eigenvalue weighted by Crippen LogP contribution is -2.31. The molecule has 0 radical (unpaired) electrons. The number of halogens is 2. The molecule has 1 rings (SSSR count). The Kier molecular flexibility index (Phi) is 5.40. The van der Waals surface area contributed by atoms with E-state index in [1.807, 2.05) is 0 Å². The lowest BCUT2D eigenvalue weighted by atomic mass is 10.1. The Morgan fingerprint density at radius 2 is 2.42 bits per heavy atom. The molecule has 0 saturated carbocycles. The zero-order valence-electron chi connectivity index (χ0n) is 10.4. The lowest BCUT2D eigenvalue weighted by molar-refractivity contribution is 0.0942. The van der Waals surface area contributed by atoms with Crippen molar-refractivity contribution in [2.45, 2.75) is 13.0 Å². The molecule has 100 valence electrons. The molecule has 1 aromatic carbocycles. The number of terminal acetylenes is 1. The number of carbonyl (C=O) groups excluding carboxylic acids is 1. The highest BCUT2D eigenvalue weighted by Gasteiger charge is 2.16. The molecule has 0 aliphatic carbocycles. The van der Waals surface area contributed by atoms with Crippen LogP contribution in [-0.4, -0.2) is 18.6 Å². The van der Waals surface area contributed by atoms with E-state index in [9.17, 15) is 9.18 Å². The predicted octanol–water partition coefficient (Wildman–Crippen LogP) is 2.80. The zero-order valence-corrected chi connectivity index (χ0v) is 11.1. The third kappa shape index (κ3) is 4.01. The summed E-state index contributed by atoms with van der Waals surface area (Å²) in [7, 11) is 0. The van der Waals surface area contributed by atoms with Crippen LogP contribution in [0.3, 0.4) is 0 Å². The number of hydrogen-bond acceptors (Lipinski definition) is 2. The topological polar surface area (TPSA) is 38.3 Å². The summed E-state index contributed by atoms with van der Waals surface area (Å²) in [6.07, 6.45) is 6.58. The Bertz CT molecular complexity index is 537. The summed E-state index contributed by atoms with van der Waals surface area (Å²) in [5.41, 5.74) is -0.162. The van der Waals surface area contributed by atoms with Crippen LogP contribution < -0.4 is 10.1 Å². The molecule has 1 unspecified atom stereocenters. The molecule has 1 aromatic rings. The molecule has 3 nitrogen and oxygen atoms in total. The van der Waals surface area contributed by atoms with Crippen LogP contribution in [0.5, 0.6) is 5.75 Å². The minimum absolute atomic E-state index is 0.0184. The van der Waals surface area contributed by atoms with Gasteiger partial charge in [0.15, 0.2) is 0 Å². The first-order valence-corrected chi connectivity index (χ1v) is 5.86. The molecule has 5 heteroatoms. The van der Waals surface area contributed by atoms with Crippen LogP contribution in [0.4, 0.5) is 4.39 Å². The normalized spacial score (nSPS) is 11.3. The summed E-state index contributed by atoms with van der Waals surface area (Å²) >= 11 is 5.79. The largest absolute Gasteiger partial charge is 0.479 e. The first-order chi connectivity index (χ1) is 8.99. The second kappa shape index (κ2) is 6.81. The number of amides is 1. The highest BCUT2D eigenvalue weighted by atomic mass is 35.5. The Balaban J connectivity index is 3.03. The van der Waals surface area contributed by atoms with Crippen LogP contribution in [0.1, 0.15) is 17.3 Å². The number of nitrogens with one attached hydrogen (secondary N) is 1. The number of ether oxygens (including phenoxy) is 1. The lowest BCUT2D eigenvalue weighted by Gasteiger charge is -2.12. The van der Waals surface area contributed by atoms with Gasteiger partial charge in [0, 0.05) is 6.04 Å². The SMILES string of the molecule is C#CCOc1cc(C(=O)NC(C)C=C)c(F)cc1Cl. The Morgan fingerprint density at radius 3 is 3.00 bits per heavy atom. The Morgan fingerprint density at radius 1 is 1.74 bits per heavy atom. The van der Waals surface area contributed by atoms with Gasteiger partial charge in [-0.15, -0.1) is 13.0 Å². The van der Waals surface area contributed by atoms with Crippen molar-refractivity contribution in [2.75, 3.05) is 6.61 Å². The van der Waals surface area contributed by atoms with Crippen LogP contribution in [0.15, 0.2) is 24.8 Å². The molecule has 0 saturated heterocycles. The quantitative estimate of drug-likeness (QED) is 0.666. The molecule has 0 fully saturated rings. The number of benzene rings is 1. The van der Waals surface area contributed by atoms with E-state index in [0.29, 0.717) is 0 Å². The van der Waals surface area contributed by atoms with Crippen molar-refractivity contribution in [1.82, 2.24) is 5.32 Å². The summed E-state index contributed by atoms with van der Waals surface area (Å²) in [6.45, 7) is 5.22. The highest BCUT2D eigenvalue weighted by Crippen LogP contribution is 2.27. The summed E-state index contributed by atoms with van der Waals surface area (Å²) in [5, 5.41) is 2.61. The molecule has 1 atom stereocenters. The molecule has 0 spiro atoms. The van der Waals surface area contributed by atoms with Crippen molar-refractivity contribution < 1.29 is 13.9 Å². The number of carbonyl (C=O) groups is 1. The van der Waals surface area contributed by atoms with Crippen LogP contribution in [0.2, 0.25) is 5.02 Å². The highest BCUT2D eigenvalue weighted by molar-refractivity contribution is 6.32. The van der Waals surface area contributed by atoms with E-state index in [0.717, 1.165) is 6.07 Å². The first kappa shape index (κ1) is 15.1. The smallest absolute Gasteiger partial charge is 0.254 e. The Labute approximate surface area is 116 Å². The monoisotopic (exact) mass is 281 g/mol. The van der Waals surface area contributed by atoms with Crippen LogP contribution in [0, 0.1) is 18.2 Å². The summed E-state index contributed by atoms with van der Waals surface area (Å²) in [5.74, 6) is 1.12. The second-order valence-corrected chi connectivity index (χ2v) is 4.16. The molecular formula is C14H13ClFNO2. The summed E-state index contributed by atoms with van der Waals surface area (Å²) < 4.78 is 18.8. The van der Waals surface area contributed by atoms with Gasteiger partial charge >= 0.3 is 0 Å².